The Balaban J connectivity index is 2.87. The lowest BCUT2D eigenvalue weighted by molar-refractivity contribution is 0.108. The normalized spacial score (nSPS) is 14.6. The first-order valence-corrected chi connectivity index (χ1v) is 5.61. The summed E-state index contributed by atoms with van der Waals surface area (Å²) in [7, 11) is 1.49. The van der Waals surface area contributed by atoms with Crippen molar-refractivity contribution < 1.29 is 14.2 Å². The maximum absolute atomic E-state index is 13.6. The van der Waals surface area contributed by atoms with Gasteiger partial charge in [-0.15, -0.1) is 0 Å². The third kappa shape index (κ3) is 2.95. The van der Waals surface area contributed by atoms with Crippen molar-refractivity contribution >= 4 is 0 Å². The van der Waals surface area contributed by atoms with Crippen molar-refractivity contribution in [2.75, 3.05) is 7.11 Å². The van der Waals surface area contributed by atoms with Gasteiger partial charge in [-0.1, -0.05) is 20.3 Å². The molecule has 0 saturated carbocycles. The molecular formula is C13H19FO2. The van der Waals surface area contributed by atoms with Crippen LogP contribution in [-0.4, -0.2) is 12.2 Å². The van der Waals surface area contributed by atoms with Crippen LogP contribution in [0, 0.1) is 11.7 Å². The van der Waals surface area contributed by atoms with E-state index in [4.69, 9.17) is 4.74 Å². The maximum Gasteiger partial charge on any atom is 0.132 e. The van der Waals surface area contributed by atoms with Gasteiger partial charge >= 0.3 is 0 Å². The van der Waals surface area contributed by atoms with Gasteiger partial charge in [-0.3, -0.25) is 0 Å². The van der Waals surface area contributed by atoms with Crippen LogP contribution in [0.3, 0.4) is 0 Å². The molecule has 0 heterocycles. The van der Waals surface area contributed by atoms with Crippen LogP contribution >= 0.6 is 0 Å². The van der Waals surface area contributed by atoms with Gasteiger partial charge in [-0.25, -0.2) is 4.39 Å². The largest absolute Gasteiger partial charge is 0.497 e. The fourth-order valence-corrected chi connectivity index (χ4v) is 1.79. The van der Waals surface area contributed by atoms with Crippen LogP contribution in [0.4, 0.5) is 4.39 Å². The molecule has 0 aliphatic carbocycles. The van der Waals surface area contributed by atoms with Gasteiger partial charge in [-0.2, -0.15) is 0 Å². The summed E-state index contributed by atoms with van der Waals surface area (Å²) in [5.41, 5.74) is 0.349. The maximum atomic E-state index is 13.6. The van der Waals surface area contributed by atoms with Gasteiger partial charge in [0.05, 0.1) is 13.2 Å². The molecule has 1 rings (SSSR count). The molecule has 0 amide bonds. The summed E-state index contributed by atoms with van der Waals surface area (Å²) in [6.45, 7) is 3.98. The van der Waals surface area contributed by atoms with E-state index in [9.17, 15) is 9.50 Å². The minimum Gasteiger partial charge on any atom is -0.497 e. The number of halogens is 1. The van der Waals surface area contributed by atoms with E-state index in [-0.39, 0.29) is 5.92 Å². The van der Waals surface area contributed by atoms with E-state index in [2.05, 4.69) is 0 Å². The first kappa shape index (κ1) is 13.0. The highest BCUT2D eigenvalue weighted by Crippen LogP contribution is 2.29. The number of rotatable bonds is 5. The molecule has 1 aromatic rings. The van der Waals surface area contributed by atoms with Crippen LogP contribution in [0.5, 0.6) is 5.75 Å². The summed E-state index contributed by atoms with van der Waals surface area (Å²) in [5.74, 6) is 0.124. The van der Waals surface area contributed by atoms with Crippen LogP contribution in [0.25, 0.3) is 0 Å². The molecular weight excluding hydrogens is 207 g/mol. The lowest BCUT2D eigenvalue weighted by atomic mass is 9.93. The topological polar surface area (TPSA) is 29.5 Å². The summed E-state index contributed by atoms with van der Waals surface area (Å²) < 4.78 is 18.6. The smallest absolute Gasteiger partial charge is 0.132 e. The third-order valence-electron chi connectivity index (χ3n) is 2.81. The summed E-state index contributed by atoms with van der Waals surface area (Å²) in [5, 5.41) is 9.98. The quantitative estimate of drug-likeness (QED) is 0.834. The second kappa shape index (κ2) is 5.85. The third-order valence-corrected chi connectivity index (χ3v) is 2.81. The minimum atomic E-state index is -0.745. The fraction of sp³-hybridized carbons (Fsp3) is 0.538. The van der Waals surface area contributed by atoms with Gasteiger partial charge < -0.3 is 9.84 Å². The standard InChI is InChI=1S/C13H19FO2/c1-4-5-9(2)13(15)11-7-6-10(16-3)8-12(11)14/h6-9,13,15H,4-5H2,1-3H3. The molecule has 2 atom stereocenters. The van der Waals surface area contributed by atoms with Crippen LogP contribution in [0.15, 0.2) is 18.2 Å². The molecule has 16 heavy (non-hydrogen) atoms. The Morgan fingerprint density at radius 3 is 2.62 bits per heavy atom. The van der Waals surface area contributed by atoms with E-state index in [0.29, 0.717) is 11.3 Å². The van der Waals surface area contributed by atoms with E-state index < -0.39 is 11.9 Å². The molecule has 0 aliphatic rings. The lowest BCUT2D eigenvalue weighted by Crippen LogP contribution is -2.10. The van der Waals surface area contributed by atoms with E-state index in [0.717, 1.165) is 12.8 Å². The van der Waals surface area contributed by atoms with Gasteiger partial charge in [0.1, 0.15) is 11.6 Å². The van der Waals surface area contributed by atoms with Gasteiger partial charge in [0.2, 0.25) is 0 Å². The van der Waals surface area contributed by atoms with Crippen LogP contribution in [0.1, 0.15) is 38.4 Å². The summed E-state index contributed by atoms with van der Waals surface area (Å²) in [4.78, 5) is 0. The number of benzene rings is 1. The molecule has 0 fully saturated rings. The predicted molar refractivity (Wildman–Crippen MR) is 62.0 cm³/mol. The highest BCUT2D eigenvalue weighted by molar-refractivity contribution is 5.30. The van der Waals surface area contributed by atoms with E-state index in [1.165, 1.54) is 13.2 Å². The van der Waals surface area contributed by atoms with E-state index in [1.54, 1.807) is 12.1 Å². The monoisotopic (exact) mass is 226 g/mol. The van der Waals surface area contributed by atoms with Crippen molar-refractivity contribution in [3.8, 4) is 5.75 Å². The molecule has 1 N–H and O–H groups in total. The summed E-state index contributed by atoms with van der Waals surface area (Å²) in [6.07, 6.45) is 1.12. The molecule has 0 aromatic heterocycles. The number of hydrogen-bond donors (Lipinski definition) is 1. The molecule has 1 aromatic carbocycles. The Kier molecular flexibility index (Phi) is 4.74. The Labute approximate surface area is 96.1 Å². The van der Waals surface area contributed by atoms with Crippen molar-refractivity contribution in [1.82, 2.24) is 0 Å². The highest BCUT2D eigenvalue weighted by atomic mass is 19.1. The van der Waals surface area contributed by atoms with Gasteiger partial charge in [0, 0.05) is 11.6 Å². The van der Waals surface area contributed by atoms with Crippen molar-refractivity contribution in [3.63, 3.8) is 0 Å². The average molecular weight is 226 g/mol. The van der Waals surface area contributed by atoms with Crippen molar-refractivity contribution in [2.45, 2.75) is 32.8 Å². The SMILES string of the molecule is CCCC(C)C(O)c1ccc(OC)cc1F. The average Bonchev–Trinajstić information content (AvgIpc) is 2.28. The number of methoxy groups -OCH3 is 1. The Hall–Kier alpha value is -1.09. The summed E-state index contributed by atoms with van der Waals surface area (Å²) >= 11 is 0. The Morgan fingerprint density at radius 2 is 2.12 bits per heavy atom. The molecule has 0 aliphatic heterocycles. The van der Waals surface area contributed by atoms with Crippen molar-refractivity contribution in [3.05, 3.63) is 29.6 Å². The molecule has 0 radical (unpaired) electrons. The van der Waals surface area contributed by atoms with Gasteiger partial charge in [-0.05, 0) is 24.5 Å². The van der Waals surface area contributed by atoms with Gasteiger partial charge in [0.15, 0.2) is 0 Å². The molecule has 90 valence electrons. The first-order chi connectivity index (χ1) is 7.60. The second-order valence-corrected chi connectivity index (χ2v) is 4.10. The molecule has 2 nitrogen and oxygen atoms in total. The van der Waals surface area contributed by atoms with Crippen LogP contribution in [0.2, 0.25) is 0 Å². The van der Waals surface area contributed by atoms with Crippen molar-refractivity contribution in [1.29, 1.82) is 0 Å². The second-order valence-electron chi connectivity index (χ2n) is 4.10. The number of ether oxygens (including phenoxy) is 1. The molecule has 0 bridgehead atoms. The minimum absolute atomic E-state index is 0.0629. The van der Waals surface area contributed by atoms with E-state index in [1.807, 2.05) is 13.8 Å². The Bertz CT molecular complexity index is 339. The zero-order valence-corrected chi connectivity index (χ0v) is 10.0. The summed E-state index contributed by atoms with van der Waals surface area (Å²) in [6, 6.07) is 4.56. The zero-order chi connectivity index (χ0) is 12.1. The number of aliphatic hydroxyl groups excluding tert-OH is 1. The molecule has 3 heteroatoms. The fourth-order valence-electron chi connectivity index (χ4n) is 1.79. The highest BCUT2D eigenvalue weighted by Gasteiger charge is 2.19. The van der Waals surface area contributed by atoms with Gasteiger partial charge in [0.25, 0.3) is 0 Å². The number of aliphatic hydroxyl groups is 1. The first-order valence-electron chi connectivity index (χ1n) is 5.61. The Morgan fingerprint density at radius 1 is 1.44 bits per heavy atom. The molecule has 0 saturated heterocycles. The molecule has 2 unspecified atom stereocenters. The van der Waals surface area contributed by atoms with E-state index >= 15 is 0 Å². The van der Waals surface area contributed by atoms with Crippen molar-refractivity contribution in [2.24, 2.45) is 5.92 Å². The predicted octanol–water partition coefficient (Wildman–Crippen LogP) is 3.30. The molecule has 0 spiro atoms. The van der Waals surface area contributed by atoms with Crippen LogP contribution in [-0.2, 0) is 0 Å². The zero-order valence-electron chi connectivity index (χ0n) is 10.0. The lowest BCUT2D eigenvalue weighted by Gasteiger charge is -2.19. The number of hydrogen-bond acceptors (Lipinski definition) is 2. The van der Waals surface area contributed by atoms with Crippen LogP contribution < -0.4 is 4.74 Å².